The highest BCUT2D eigenvalue weighted by molar-refractivity contribution is 7.29. The Kier molecular flexibility index (Phi) is 11.8. The first kappa shape index (κ1) is 47.2. The first-order chi connectivity index (χ1) is 23.8. The van der Waals surface area contributed by atoms with Crippen molar-refractivity contribution in [3.8, 4) is 0 Å². The Labute approximate surface area is 347 Å². The minimum Gasteiger partial charge on any atom is -0.324 e. The fourth-order valence-electron chi connectivity index (χ4n) is 16.8. The summed E-state index contributed by atoms with van der Waals surface area (Å²) in [5, 5.41) is 0. The highest BCUT2D eigenvalue weighted by Gasteiger charge is 2.82. The van der Waals surface area contributed by atoms with Gasteiger partial charge in [0.1, 0.15) is 0 Å². The maximum absolute atomic E-state index is 6.43. The zero-order valence-electron chi connectivity index (χ0n) is 40.3. The van der Waals surface area contributed by atoms with E-state index in [1.165, 1.54) is 36.8 Å². The number of nitrogens with zero attached hydrogens (tertiary/aromatic N) is 2. The topological polar surface area (TPSA) is 24.7 Å². The van der Waals surface area contributed by atoms with Gasteiger partial charge < -0.3 is 9.32 Å². The van der Waals surface area contributed by atoms with Crippen LogP contribution in [0.3, 0.4) is 0 Å². The molecule has 4 heterocycles. The van der Waals surface area contributed by atoms with E-state index in [-0.39, 0.29) is 0 Å². The molecule has 0 atom stereocenters. The van der Waals surface area contributed by atoms with Crippen molar-refractivity contribution in [2.75, 3.05) is 0 Å². The summed E-state index contributed by atoms with van der Waals surface area (Å²) in [7, 11) is -18.4. The quantitative estimate of drug-likeness (QED) is 0.206. The fourth-order valence-corrected chi connectivity index (χ4v) is 115. The molecule has 2 spiro atoms. The van der Waals surface area contributed by atoms with Gasteiger partial charge in [-0.1, -0.05) is 212 Å². The van der Waals surface area contributed by atoms with Gasteiger partial charge in [0.25, 0.3) is 0 Å². The average Bonchev–Trinajstić information content (AvgIpc) is 3.21. The predicted octanol–water partition coefficient (Wildman–Crippen LogP) is 14.7. The van der Waals surface area contributed by atoms with Crippen LogP contribution in [0.1, 0.15) is 25.7 Å². The summed E-state index contributed by atoms with van der Waals surface area (Å²) < 4.78 is 14.4. The Morgan fingerprint density at radius 1 is 0.389 bits per heavy atom. The van der Waals surface area contributed by atoms with E-state index in [4.69, 9.17) is 9.32 Å². The van der Waals surface area contributed by atoms with Gasteiger partial charge in [0.15, 0.2) is 0 Å². The van der Waals surface area contributed by atoms with Crippen LogP contribution in [0.5, 0.6) is 0 Å². The number of hydrogen-bond acceptors (Lipinski definition) is 2. The van der Waals surface area contributed by atoms with E-state index in [0.29, 0.717) is 17.1 Å². The lowest BCUT2D eigenvalue weighted by atomic mass is 10.1. The zero-order valence-corrected chi connectivity index (χ0v) is 50.3. The van der Waals surface area contributed by atoms with Crippen molar-refractivity contribution in [2.24, 2.45) is 9.32 Å². The Morgan fingerprint density at radius 3 is 0.981 bits per heavy atom. The van der Waals surface area contributed by atoms with Crippen molar-refractivity contribution in [1.29, 1.82) is 0 Å². The van der Waals surface area contributed by atoms with Crippen LogP contribution in [0.25, 0.3) is 0 Å². The Morgan fingerprint density at radius 2 is 0.685 bits per heavy atom. The highest BCUT2D eigenvalue weighted by Crippen LogP contribution is 2.78. The van der Waals surface area contributed by atoms with E-state index in [9.17, 15) is 0 Å². The number of allylic oxidation sites excluding steroid dienone is 6. The van der Waals surface area contributed by atoms with Crippen molar-refractivity contribution in [2.45, 2.75) is 200 Å². The molecule has 0 N–H and O–H groups in total. The molecule has 2 fully saturated rings. The van der Waals surface area contributed by atoms with Gasteiger partial charge in [-0.25, -0.2) is 0 Å². The van der Waals surface area contributed by atoms with Crippen LogP contribution in [0.4, 0.5) is 0 Å². The second-order valence-corrected chi connectivity index (χ2v) is 83.1. The molecule has 0 unspecified atom stereocenters. The second-order valence-electron chi connectivity index (χ2n) is 26.6. The SMILES string of the molecule is C[Si](C)(C)C1([Si](C)(C)C)CCC([Si](C)(C)C)([Si](C)(C)C)[Si]12C=CC(C1=CC=C[Si]3(N=C1)C([Si](C)(C)C)([Si](C)(C)C)CCC3([Si](C)(C)C)[Si](C)(C)C)=CC=N2. The molecule has 4 aliphatic rings. The van der Waals surface area contributed by atoms with Crippen molar-refractivity contribution in [1.82, 2.24) is 0 Å². The molecule has 4 rings (SSSR count). The Balaban J connectivity index is 2.07. The Bertz CT molecular complexity index is 1400. The molecule has 0 amide bonds. The average molecular weight is 902 g/mol. The van der Waals surface area contributed by atoms with Crippen LogP contribution in [0.15, 0.2) is 56.2 Å². The van der Waals surface area contributed by atoms with Gasteiger partial charge in [0, 0.05) is 77.0 Å². The summed E-state index contributed by atoms with van der Waals surface area (Å²) in [5.41, 5.74) is 8.53. The van der Waals surface area contributed by atoms with Crippen LogP contribution in [-0.4, -0.2) is 93.5 Å². The minimum atomic E-state index is -2.44. The summed E-state index contributed by atoms with van der Waals surface area (Å²) in [6.45, 7) is 65.9. The van der Waals surface area contributed by atoms with E-state index in [0.717, 1.165) is 0 Å². The molecule has 0 saturated carbocycles. The smallest absolute Gasteiger partial charge is 0.206 e. The minimum absolute atomic E-state index is 0.416. The first-order valence-electron chi connectivity index (χ1n) is 21.7. The lowest BCUT2D eigenvalue weighted by Gasteiger charge is -2.64. The van der Waals surface area contributed by atoms with E-state index in [1.807, 2.05) is 0 Å². The molecule has 306 valence electrons. The van der Waals surface area contributed by atoms with Gasteiger partial charge in [-0.15, -0.1) is 0 Å². The molecule has 0 aromatic heterocycles. The van der Waals surface area contributed by atoms with Crippen molar-refractivity contribution < 1.29 is 0 Å². The van der Waals surface area contributed by atoms with Gasteiger partial charge in [0.2, 0.25) is 16.5 Å². The third-order valence-corrected chi connectivity index (χ3v) is 93.2. The monoisotopic (exact) mass is 900 g/mol. The van der Waals surface area contributed by atoms with Crippen LogP contribution in [-0.2, 0) is 0 Å². The summed E-state index contributed by atoms with van der Waals surface area (Å²) in [6, 6.07) is 0. The highest BCUT2D eigenvalue weighted by atomic mass is 28.5. The van der Waals surface area contributed by atoms with E-state index >= 15 is 0 Å². The first-order valence-corrected chi connectivity index (χ1v) is 53.7. The maximum atomic E-state index is 6.43. The molecule has 2 saturated heterocycles. The normalized spacial score (nSPS) is 25.2. The van der Waals surface area contributed by atoms with Crippen molar-refractivity contribution >= 4 is 93.5 Å². The van der Waals surface area contributed by atoms with Crippen LogP contribution < -0.4 is 0 Å². The van der Waals surface area contributed by atoms with Gasteiger partial charge >= 0.3 is 0 Å². The molecule has 0 radical (unpaired) electrons. The standard InChI is InChI=1S/C42H88N2Si10/c1-45(2,3)39(46(4,5)6)29-30-40(47(7,8)9,48(10,11)12)53(39)34-25-26-38(36-44-53)37-27-33-43-54(35-28-37)41(49(13,14)15,50(16,17)18)31-32-42(54,51(19,20)21)52(22,23)24/h25-28,33-36H,29-32H2,1-24H3. The van der Waals surface area contributed by atoms with Crippen LogP contribution >= 0.6 is 0 Å². The largest absolute Gasteiger partial charge is 0.324 e. The van der Waals surface area contributed by atoms with Crippen molar-refractivity contribution in [3.63, 3.8) is 0 Å². The van der Waals surface area contributed by atoms with Crippen molar-refractivity contribution in [3.05, 3.63) is 46.8 Å². The summed E-state index contributed by atoms with van der Waals surface area (Å²) in [5.74, 6) is 0. The summed E-state index contributed by atoms with van der Waals surface area (Å²) in [6.07, 6.45) is 20.8. The lowest BCUT2D eigenvalue weighted by molar-refractivity contribution is 0.763. The molecule has 0 aromatic carbocycles. The lowest BCUT2D eigenvalue weighted by Crippen LogP contribution is -2.75. The molecular weight excluding hydrogens is 813 g/mol. The van der Waals surface area contributed by atoms with Gasteiger partial charge in [-0.05, 0) is 34.4 Å². The molecule has 12 heteroatoms. The molecule has 0 aliphatic carbocycles. The van der Waals surface area contributed by atoms with Crippen LogP contribution in [0, 0.1) is 0 Å². The molecular formula is C42H88N2Si10. The molecule has 0 aromatic rings. The predicted molar refractivity (Wildman–Crippen MR) is 279 cm³/mol. The molecule has 54 heavy (non-hydrogen) atoms. The van der Waals surface area contributed by atoms with Gasteiger partial charge in [-0.3, -0.25) is 0 Å². The number of hydrogen-bond donors (Lipinski definition) is 0. The summed E-state index contributed by atoms with van der Waals surface area (Å²) >= 11 is 0. The third kappa shape index (κ3) is 5.98. The van der Waals surface area contributed by atoms with Gasteiger partial charge in [-0.2, -0.15) is 0 Å². The van der Waals surface area contributed by atoms with Crippen LogP contribution in [0.2, 0.25) is 174 Å². The second kappa shape index (κ2) is 13.5. The third-order valence-electron chi connectivity index (χ3n) is 17.0. The van der Waals surface area contributed by atoms with E-state index in [2.05, 4.69) is 205 Å². The van der Waals surface area contributed by atoms with E-state index in [1.54, 1.807) is 0 Å². The van der Waals surface area contributed by atoms with E-state index < -0.39 is 81.1 Å². The molecule has 0 bridgehead atoms. The molecule has 4 aliphatic heterocycles. The zero-order chi connectivity index (χ0) is 42.1. The van der Waals surface area contributed by atoms with Gasteiger partial charge in [0.05, 0.1) is 0 Å². The Hall–Kier alpha value is 0.469. The molecule has 2 nitrogen and oxygen atoms in total. The number of rotatable bonds is 9. The fraction of sp³-hybridized carbons (Fsp3) is 0.762. The summed E-state index contributed by atoms with van der Waals surface area (Å²) in [4.78, 5) is 0. The maximum Gasteiger partial charge on any atom is 0.206 e.